The Morgan fingerprint density at radius 3 is 2.24 bits per heavy atom. The number of rotatable bonds is 9. The molecule has 38 heavy (non-hydrogen) atoms. The smallest absolute Gasteiger partial charge is 0.444 e. The van der Waals surface area contributed by atoms with Crippen LogP contribution in [-0.4, -0.2) is 66.7 Å². The van der Waals surface area contributed by atoms with E-state index in [1.165, 1.54) is 15.5 Å². The Balaban J connectivity index is 2.20. The fourth-order valence-electron chi connectivity index (χ4n) is 3.16. The number of ether oxygens (including phenoxy) is 1. The molecule has 8 nitrogen and oxygen atoms in total. The van der Waals surface area contributed by atoms with Gasteiger partial charge in [0.25, 0.3) is 9.70 Å². The van der Waals surface area contributed by atoms with Crippen LogP contribution in [0.3, 0.4) is 0 Å². The quantitative estimate of drug-likeness (QED) is 0.170. The summed E-state index contributed by atoms with van der Waals surface area (Å²) in [5, 5.41) is 1.54. The summed E-state index contributed by atoms with van der Waals surface area (Å²) in [6, 6.07) is 4.78. The molecule has 0 bridgehead atoms. The molecule has 2 heterocycles. The van der Waals surface area contributed by atoms with Crippen LogP contribution in [-0.2, 0) is 16.1 Å². The Bertz CT molecular complexity index is 1180. The van der Waals surface area contributed by atoms with E-state index < -0.39 is 45.8 Å². The zero-order valence-corrected chi connectivity index (χ0v) is 22.6. The number of fused-ring (bicyclic) bond motifs is 1. The summed E-state index contributed by atoms with van der Waals surface area (Å²) < 4.78 is 67.6. The van der Waals surface area contributed by atoms with E-state index in [-0.39, 0.29) is 31.6 Å². The molecule has 0 spiro atoms. The molecule has 212 valence electrons. The first kappa shape index (κ1) is 31.8. The van der Waals surface area contributed by atoms with Gasteiger partial charge in [0.15, 0.2) is 0 Å². The van der Waals surface area contributed by atoms with E-state index in [9.17, 15) is 36.3 Å². The molecular weight excluding hydrogens is 586 g/mol. The van der Waals surface area contributed by atoms with Crippen LogP contribution in [0.5, 0.6) is 0 Å². The van der Waals surface area contributed by atoms with E-state index in [0.717, 1.165) is 0 Å². The average Bonchev–Trinajstić information content (AvgIpc) is 3.19. The van der Waals surface area contributed by atoms with Crippen LogP contribution < -0.4 is 5.32 Å². The first-order valence-electron chi connectivity index (χ1n) is 11.0. The second kappa shape index (κ2) is 11.8. The molecule has 0 saturated heterocycles. The fourth-order valence-corrected chi connectivity index (χ4v) is 3.45. The first-order valence-corrected chi connectivity index (χ1v) is 12.2. The number of nitrogens with one attached hydrogen (secondary N) is 1. The molecule has 0 aliphatic carbocycles. The second-order valence-electron chi connectivity index (χ2n) is 9.12. The monoisotopic (exact) mass is 608 g/mol. The van der Waals surface area contributed by atoms with Crippen LogP contribution in [0.4, 0.5) is 26.7 Å². The van der Waals surface area contributed by atoms with E-state index in [4.69, 9.17) is 39.5 Å². The highest BCUT2D eigenvalue weighted by molar-refractivity contribution is 6.77. The second-order valence-corrected chi connectivity index (χ2v) is 11.4. The molecule has 2 amide bonds. The van der Waals surface area contributed by atoms with Crippen LogP contribution in [0, 0.1) is 0 Å². The lowest BCUT2D eigenvalue weighted by atomic mass is 10.2. The number of hydrogen-bond acceptors (Lipinski definition) is 5. The minimum atomic E-state index is -6.02. The van der Waals surface area contributed by atoms with Crippen LogP contribution in [0.1, 0.15) is 49.8 Å². The van der Waals surface area contributed by atoms with Gasteiger partial charge in [-0.25, -0.2) is 9.78 Å². The standard InChI is InChI=1S/C22H24Cl3F5N4O4/c1-19(2,3)38-18(37)33(10-5-4-9-31-17(36)20(26,27)22(28,29)30)12-13-7-6-8-15-32-11-14(34(13)15)16(35)21(23,24)25/h6-8,11H,4-5,9-10,12H2,1-3H3,(H,31,36). The summed E-state index contributed by atoms with van der Waals surface area (Å²) in [6.45, 7) is 4.22. The van der Waals surface area contributed by atoms with Gasteiger partial charge >= 0.3 is 18.2 Å². The number of aromatic nitrogens is 2. The Labute approximate surface area is 229 Å². The van der Waals surface area contributed by atoms with Gasteiger partial charge in [-0.15, -0.1) is 0 Å². The summed E-state index contributed by atoms with van der Waals surface area (Å²) in [5.74, 6) is -8.86. The summed E-state index contributed by atoms with van der Waals surface area (Å²) in [6.07, 6.45) is -5.52. The van der Waals surface area contributed by atoms with Crippen molar-refractivity contribution in [1.82, 2.24) is 19.6 Å². The predicted molar refractivity (Wildman–Crippen MR) is 130 cm³/mol. The number of alkyl halides is 8. The number of amides is 2. The third-order valence-electron chi connectivity index (χ3n) is 4.89. The molecule has 0 aromatic carbocycles. The molecule has 2 aromatic heterocycles. The molecule has 1 N–H and O–H groups in total. The van der Waals surface area contributed by atoms with Crippen LogP contribution in [0.15, 0.2) is 24.4 Å². The van der Waals surface area contributed by atoms with Crippen molar-refractivity contribution >= 4 is 58.2 Å². The molecule has 0 fully saturated rings. The van der Waals surface area contributed by atoms with E-state index in [1.54, 1.807) is 44.3 Å². The van der Waals surface area contributed by atoms with Crippen LogP contribution in [0.25, 0.3) is 5.65 Å². The first-order chi connectivity index (χ1) is 17.3. The van der Waals surface area contributed by atoms with Crippen molar-refractivity contribution in [2.45, 2.75) is 61.7 Å². The summed E-state index contributed by atoms with van der Waals surface area (Å²) in [7, 11) is 0. The maximum absolute atomic E-state index is 13.1. The molecule has 2 aromatic rings. The van der Waals surface area contributed by atoms with Gasteiger partial charge < -0.3 is 15.0 Å². The molecular formula is C22H24Cl3F5N4O4. The topological polar surface area (TPSA) is 93.0 Å². The van der Waals surface area contributed by atoms with Gasteiger partial charge in [-0.1, -0.05) is 40.9 Å². The zero-order valence-electron chi connectivity index (χ0n) is 20.3. The highest BCUT2D eigenvalue weighted by atomic mass is 35.6. The van der Waals surface area contributed by atoms with Gasteiger partial charge in [-0.3, -0.25) is 14.0 Å². The average molecular weight is 610 g/mol. The number of halogens is 8. The Morgan fingerprint density at radius 1 is 1.05 bits per heavy atom. The van der Waals surface area contributed by atoms with Crippen molar-refractivity contribution < 1.29 is 41.1 Å². The zero-order chi connectivity index (χ0) is 29.1. The molecule has 0 unspecified atom stereocenters. The molecule has 0 atom stereocenters. The summed E-state index contributed by atoms with van der Waals surface area (Å²) >= 11 is 17.2. The summed E-state index contributed by atoms with van der Waals surface area (Å²) in [4.78, 5) is 42.1. The van der Waals surface area contributed by atoms with Crippen molar-refractivity contribution in [1.29, 1.82) is 0 Å². The number of carbonyl (C=O) groups is 3. The maximum atomic E-state index is 13.1. The largest absolute Gasteiger partial charge is 0.463 e. The van der Waals surface area contributed by atoms with Crippen LogP contribution in [0.2, 0.25) is 0 Å². The van der Waals surface area contributed by atoms with Gasteiger partial charge in [0.1, 0.15) is 16.9 Å². The van der Waals surface area contributed by atoms with E-state index in [0.29, 0.717) is 11.3 Å². The third kappa shape index (κ3) is 8.06. The lowest BCUT2D eigenvalue weighted by Gasteiger charge is -2.28. The number of hydrogen-bond donors (Lipinski definition) is 1. The SMILES string of the molecule is CC(C)(C)OC(=O)N(CCCCNC(=O)C(F)(F)C(F)(F)F)Cc1cccc2ncc(C(=O)C(Cl)(Cl)Cl)n12. The molecule has 0 radical (unpaired) electrons. The maximum Gasteiger partial charge on any atom is 0.463 e. The molecule has 0 saturated carbocycles. The third-order valence-corrected chi connectivity index (χ3v) is 5.40. The van der Waals surface area contributed by atoms with Gasteiger partial charge in [-0.2, -0.15) is 22.0 Å². The predicted octanol–water partition coefficient (Wildman–Crippen LogP) is 5.72. The van der Waals surface area contributed by atoms with Crippen molar-refractivity contribution in [2.24, 2.45) is 0 Å². The number of ketones is 1. The van der Waals surface area contributed by atoms with Crippen molar-refractivity contribution in [3.63, 3.8) is 0 Å². The molecule has 2 rings (SSSR count). The number of nitrogens with zero attached hydrogens (tertiary/aromatic N) is 3. The highest BCUT2D eigenvalue weighted by Crippen LogP contribution is 2.35. The number of imidazole rings is 1. The number of Topliss-reactive ketones (excluding diaryl/α,β-unsaturated/α-hetero) is 1. The summed E-state index contributed by atoms with van der Waals surface area (Å²) in [5.41, 5.74) is -0.253. The van der Waals surface area contributed by atoms with Crippen molar-refractivity contribution in [2.75, 3.05) is 13.1 Å². The number of pyridine rings is 1. The van der Waals surface area contributed by atoms with Crippen molar-refractivity contribution in [3.05, 3.63) is 35.8 Å². The van der Waals surface area contributed by atoms with Gasteiger partial charge in [-0.05, 0) is 45.7 Å². The number of unbranched alkanes of at least 4 members (excludes halogenated alkanes) is 1. The normalized spacial score (nSPS) is 12.9. The minimum absolute atomic E-state index is 0.0365. The van der Waals surface area contributed by atoms with E-state index in [2.05, 4.69) is 4.98 Å². The molecule has 0 aliphatic rings. The Morgan fingerprint density at radius 2 is 1.68 bits per heavy atom. The molecule has 16 heteroatoms. The Kier molecular flexibility index (Phi) is 9.87. The van der Waals surface area contributed by atoms with Gasteiger partial charge in [0, 0.05) is 18.8 Å². The highest BCUT2D eigenvalue weighted by Gasteiger charge is 2.63. The Hall–Kier alpha value is -2.38. The van der Waals surface area contributed by atoms with E-state index in [1.807, 2.05) is 0 Å². The lowest BCUT2D eigenvalue weighted by molar-refractivity contribution is -0.269. The lowest BCUT2D eigenvalue weighted by Crippen LogP contribution is -2.50. The number of carbonyl (C=O) groups excluding carboxylic acids is 3. The minimum Gasteiger partial charge on any atom is -0.444 e. The van der Waals surface area contributed by atoms with Crippen LogP contribution >= 0.6 is 34.8 Å². The van der Waals surface area contributed by atoms with Gasteiger partial charge in [0.2, 0.25) is 5.78 Å². The van der Waals surface area contributed by atoms with E-state index >= 15 is 0 Å². The fraction of sp³-hybridized carbons (Fsp3) is 0.545. The van der Waals surface area contributed by atoms with Gasteiger partial charge in [0.05, 0.1) is 12.7 Å². The van der Waals surface area contributed by atoms with Crippen molar-refractivity contribution in [3.8, 4) is 0 Å². The molecule has 0 aliphatic heterocycles.